The summed E-state index contributed by atoms with van der Waals surface area (Å²) in [7, 11) is -2.84. The summed E-state index contributed by atoms with van der Waals surface area (Å²) in [6, 6.07) is 25.8. The number of hydrogen-bond donors (Lipinski definition) is 0. The Morgan fingerprint density at radius 1 is 0.682 bits per heavy atom. The summed E-state index contributed by atoms with van der Waals surface area (Å²) in [6.45, 7) is 4.08. The third-order valence-corrected chi connectivity index (χ3v) is 7.15. The van der Waals surface area contributed by atoms with Gasteiger partial charge in [0.1, 0.15) is 0 Å². The molecular weight excluding hydrogens is 287 g/mol. The zero-order valence-corrected chi connectivity index (χ0v) is 13.8. The zero-order valence-electron chi connectivity index (χ0n) is 12.9. The molecule has 3 aromatic carbocycles. The molecule has 0 aliphatic carbocycles. The van der Waals surface area contributed by atoms with Crippen LogP contribution in [0.2, 0.25) is 0 Å². The van der Waals surface area contributed by atoms with Gasteiger partial charge in [-0.1, -0.05) is 78.4 Å². The number of hydrogen-bond acceptors (Lipinski definition) is 1. The molecular formula is C20H19OP. The fraction of sp³-hybridized carbons (Fsp3) is 0.100. The van der Waals surface area contributed by atoms with E-state index in [4.69, 9.17) is 0 Å². The van der Waals surface area contributed by atoms with Gasteiger partial charge in [0.15, 0.2) is 7.14 Å². The van der Waals surface area contributed by atoms with Gasteiger partial charge in [0.25, 0.3) is 0 Å². The van der Waals surface area contributed by atoms with Crippen molar-refractivity contribution < 1.29 is 4.57 Å². The molecule has 0 aliphatic rings. The summed E-state index contributed by atoms with van der Waals surface area (Å²) in [6.07, 6.45) is 0. The molecule has 0 spiro atoms. The zero-order chi connectivity index (χ0) is 15.6. The first-order valence-electron chi connectivity index (χ1n) is 7.41. The van der Waals surface area contributed by atoms with Gasteiger partial charge in [-0.2, -0.15) is 0 Å². The molecule has 3 aromatic rings. The van der Waals surface area contributed by atoms with E-state index in [1.165, 1.54) is 0 Å². The van der Waals surface area contributed by atoms with E-state index in [1.807, 2.05) is 74.5 Å². The number of rotatable bonds is 3. The number of aryl methyl sites for hydroxylation is 2. The lowest BCUT2D eigenvalue weighted by Crippen LogP contribution is -2.26. The largest absolute Gasteiger partial charge is 0.309 e. The monoisotopic (exact) mass is 306 g/mol. The Bertz CT molecular complexity index is 779. The van der Waals surface area contributed by atoms with Crippen LogP contribution in [-0.2, 0) is 4.57 Å². The van der Waals surface area contributed by atoms with E-state index in [9.17, 15) is 4.57 Å². The van der Waals surface area contributed by atoms with Crippen molar-refractivity contribution in [3.8, 4) is 0 Å². The van der Waals surface area contributed by atoms with Gasteiger partial charge in [-0.05, 0) is 25.5 Å². The second-order valence-corrected chi connectivity index (χ2v) is 8.30. The van der Waals surface area contributed by atoms with E-state index in [-0.39, 0.29) is 0 Å². The lowest BCUT2D eigenvalue weighted by Gasteiger charge is -2.22. The molecule has 0 N–H and O–H groups in total. The summed E-state index contributed by atoms with van der Waals surface area (Å²) in [5.41, 5.74) is 2.20. The molecule has 0 radical (unpaired) electrons. The van der Waals surface area contributed by atoms with Crippen molar-refractivity contribution in [3.63, 3.8) is 0 Å². The van der Waals surface area contributed by atoms with Crippen LogP contribution in [0, 0.1) is 13.8 Å². The molecule has 1 nitrogen and oxygen atoms in total. The minimum Gasteiger partial charge on any atom is -0.309 e. The maximum Gasteiger partial charge on any atom is 0.171 e. The van der Waals surface area contributed by atoms with Crippen LogP contribution in [0.1, 0.15) is 11.1 Å². The Kier molecular flexibility index (Phi) is 4.00. The topological polar surface area (TPSA) is 17.1 Å². The van der Waals surface area contributed by atoms with E-state index in [1.54, 1.807) is 0 Å². The number of benzene rings is 3. The van der Waals surface area contributed by atoms with Crippen LogP contribution in [0.4, 0.5) is 0 Å². The van der Waals surface area contributed by atoms with Crippen molar-refractivity contribution in [2.75, 3.05) is 0 Å². The highest BCUT2D eigenvalue weighted by Crippen LogP contribution is 2.43. The molecule has 0 saturated heterocycles. The summed E-state index contributed by atoms with van der Waals surface area (Å²) in [5, 5.41) is 2.70. The molecule has 0 unspecified atom stereocenters. The molecule has 0 bridgehead atoms. The van der Waals surface area contributed by atoms with Crippen molar-refractivity contribution in [2.24, 2.45) is 0 Å². The molecule has 22 heavy (non-hydrogen) atoms. The Morgan fingerprint density at radius 2 is 1.18 bits per heavy atom. The summed E-state index contributed by atoms with van der Waals surface area (Å²) in [4.78, 5) is 0. The first-order chi connectivity index (χ1) is 10.6. The third-order valence-electron chi connectivity index (χ3n) is 3.94. The predicted octanol–water partition coefficient (Wildman–Crippen LogP) is 3.94. The summed E-state index contributed by atoms with van der Waals surface area (Å²) >= 11 is 0. The van der Waals surface area contributed by atoms with Crippen LogP contribution in [-0.4, -0.2) is 0 Å². The van der Waals surface area contributed by atoms with Gasteiger partial charge in [-0.3, -0.25) is 0 Å². The molecule has 0 atom stereocenters. The minimum atomic E-state index is -2.84. The molecule has 0 saturated carbocycles. The molecule has 0 fully saturated rings. The van der Waals surface area contributed by atoms with Crippen molar-refractivity contribution in [3.05, 3.63) is 90.0 Å². The Balaban J connectivity index is 2.34. The van der Waals surface area contributed by atoms with Crippen LogP contribution < -0.4 is 15.9 Å². The molecule has 0 amide bonds. The van der Waals surface area contributed by atoms with Crippen LogP contribution in [0.15, 0.2) is 78.9 Å². The average molecular weight is 306 g/mol. The van der Waals surface area contributed by atoms with Crippen molar-refractivity contribution in [2.45, 2.75) is 13.8 Å². The molecule has 2 heteroatoms. The summed E-state index contributed by atoms with van der Waals surface area (Å²) in [5.74, 6) is 0. The highest BCUT2D eigenvalue weighted by Gasteiger charge is 2.30. The highest BCUT2D eigenvalue weighted by molar-refractivity contribution is 7.85. The van der Waals surface area contributed by atoms with Crippen LogP contribution in [0.25, 0.3) is 0 Å². The second-order valence-electron chi connectivity index (χ2n) is 5.57. The fourth-order valence-corrected chi connectivity index (χ4v) is 5.76. The van der Waals surface area contributed by atoms with Crippen LogP contribution in [0.3, 0.4) is 0 Å². The first kappa shape index (κ1) is 14.8. The van der Waals surface area contributed by atoms with E-state index in [0.717, 1.165) is 27.0 Å². The van der Waals surface area contributed by atoms with Gasteiger partial charge in [-0.25, -0.2) is 0 Å². The quantitative estimate of drug-likeness (QED) is 0.670. The minimum absolute atomic E-state index is 0.884. The van der Waals surface area contributed by atoms with E-state index in [2.05, 4.69) is 18.2 Å². The SMILES string of the molecule is Cc1ccc(C)c(P(=O)(c2ccccc2)c2ccccc2)c1. The van der Waals surface area contributed by atoms with Crippen molar-refractivity contribution in [1.29, 1.82) is 0 Å². The maximum absolute atomic E-state index is 14.2. The van der Waals surface area contributed by atoms with Gasteiger partial charge in [0, 0.05) is 15.9 Å². The normalized spacial score (nSPS) is 11.4. The Morgan fingerprint density at radius 3 is 1.68 bits per heavy atom. The molecule has 3 rings (SSSR count). The lowest BCUT2D eigenvalue weighted by molar-refractivity contribution is 0.592. The van der Waals surface area contributed by atoms with Gasteiger partial charge in [0.05, 0.1) is 0 Å². The Labute approximate surface area is 132 Å². The van der Waals surface area contributed by atoms with E-state index >= 15 is 0 Å². The van der Waals surface area contributed by atoms with Gasteiger partial charge < -0.3 is 4.57 Å². The van der Waals surface area contributed by atoms with E-state index in [0.29, 0.717) is 0 Å². The van der Waals surface area contributed by atoms with Gasteiger partial charge in [0.2, 0.25) is 0 Å². The summed E-state index contributed by atoms with van der Waals surface area (Å²) < 4.78 is 14.2. The first-order valence-corrected chi connectivity index (χ1v) is 9.12. The molecule has 0 heterocycles. The Hall–Kier alpha value is -2.11. The van der Waals surface area contributed by atoms with Crippen LogP contribution >= 0.6 is 7.14 Å². The molecule has 0 aliphatic heterocycles. The second kappa shape index (κ2) is 5.94. The van der Waals surface area contributed by atoms with E-state index < -0.39 is 7.14 Å². The average Bonchev–Trinajstić information content (AvgIpc) is 2.58. The molecule has 110 valence electrons. The predicted molar refractivity (Wildman–Crippen MR) is 95.3 cm³/mol. The van der Waals surface area contributed by atoms with Gasteiger partial charge in [-0.15, -0.1) is 0 Å². The maximum atomic E-state index is 14.2. The van der Waals surface area contributed by atoms with Crippen LogP contribution in [0.5, 0.6) is 0 Å². The van der Waals surface area contributed by atoms with Gasteiger partial charge >= 0.3 is 0 Å². The fourth-order valence-electron chi connectivity index (χ4n) is 2.76. The highest BCUT2D eigenvalue weighted by atomic mass is 31.2. The third kappa shape index (κ3) is 2.53. The standard InChI is InChI=1S/C20H19OP/c1-16-13-14-17(2)20(15-16)22(21,18-9-5-3-6-10-18)19-11-7-4-8-12-19/h3-15H,1-2H3. The van der Waals surface area contributed by atoms with Crippen molar-refractivity contribution >= 4 is 23.1 Å². The smallest absolute Gasteiger partial charge is 0.171 e. The lowest BCUT2D eigenvalue weighted by atomic mass is 10.2. The van der Waals surface area contributed by atoms with Crippen molar-refractivity contribution in [1.82, 2.24) is 0 Å². The molecule has 0 aromatic heterocycles.